The van der Waals surface area contributed by atoms with Gasteiger partial charge in [0.2, 0.25) is 5.88 Å². The molecule has 2 aromatic carbocycles. The molecule has 6 heteroatoms. The topological polar surface area (TPSA) is 45.9 Å². The lowest BCUT2D eigenvalue weighted by molar-refractivity contribution is 0.326. The molecular weight excluding hydrogens is 374 g/mol. The van der Waals surface area contributed by atoms with E-state index in [9.17, 15) is 9.65 Å². The molecule has 26 heavy (non-hydrogen) atoms. The van der Waals surface area contributed by atoms with E-state index in [0.29, 0.717) is 39.0 Å². The van der Waals surface area contributed by atoms with Crippen molar-refractivity contribution in [1.29, 1.82) is 5.26 Å². The molecular formula is C20H13Cl2FN2O. The quantitative estimate of drug-likeness (QED) is 0.541. The average Bonchev–Trinajstić information content (AvgIpc) is 2.62. The van der Waals surface area contributed by atoms with E-state index >= 15 is 0 Å². The van der Waals surface area contributed by atoms with Crippen molar-refractivity contribution in [3.8, 4) is 34.3 Å². The minimum Gasteiger partial charge on any atom is -0.477 e. The zero-order valence-electron chi connectivity index (χ0n) is 13.8. The normalized spacial score (nSPS) is 10.4. The van der Waals surface area contributed by atoms with Crippen molar-refractivity contribution in [3.63, 3.8) is 0 Å². The third kappa shape index (κ3) is 3.65. The second kappa shape index (κ2) is 7.74. The Morgan fingerprint density at radius 1 is 1.08 bits per heavy atom. The summed E-state index contributed by atoms with van der Waals surface area (Å²) < 4.78 is 18.8. The number of benzene rings is 2. The number of aromatic nitrogens is 1. The molecule has 0 spiro atoms. The highest BCUT2D eigenvalue weighted by Gasteiger charge is 2.18. The predicted molar refractivity (Wildman–Crippen MR) is 101 cm³/mol. The first-order valence-corrected chi connectivity index (χ1v) is 8.58. The van der Waals surface area contributed by atoms with Crippen molar-refractivity contribution >= 4 is 23.2 Å². The van der Waals surface area contributed by atoms with Gasteiger partial charge in [0.15, 0.2) is 0 Å². The fourth-order valence-corrected chi connectivity index (χ4v) is 3.07. The number of nitrogens with zero attached hydrogens (tertiary/aromatic N) is 2. The van der Waals surface area contributed by atoms with Gasteiger partial charge >= 0.3 is 0 Å². The molecule has 0 amide bonds. The van der Waals surface area contributed by atoms with E-state index in [1.165, 1.54) is 12.1 Å². The third-order valence-electron chi connectivity index (χ3n) is 3.74. The minimum absolute atomic E-state index is 0.206. The highest BCUT2D eigenvalue weighted by molar-refractivity contribution is 6.36. The maximum atomic E-state index is 13.2. The summed E-state index contributed by atoms with van der Waals surface area (Å²) in [5.74, 6) is -0.133. The Balaban J connectivity index is 2.27. The first-order valence-electron chi connectivity index (χ1n) is 7.82. The van der Waals surface area contributed by atoms with Crippen LogP contribution in [0, 0.1) is 17.1 Å². The molecule has 0 fully saturated rings. The van der Waals surface area contributed by atoms with Crippen LogP contribution < -0.4 is 4.74 Å². The van der Waals surface area contributed by atoms with Crippen LogP contribution in [-0.2, 0) is 0 Å². The van der Waals surface area contributed by atoms with E-state index in [1.807, 2.05) is 6.92 Å². The maximum absolute atomic E-state index is 13.2. The van der Waals surface area contributed by atoms with Crippen LogP contribution in [0.1, 0.15) is 12.5 Å². The van der Waals surface area contributed by atoms with E-state index in [0.717, 1.165) is 0 Å². The van der Waals surface area contributed by atoms with Crippen LogP contribution >= 0.6 is 23.2 Å². The molecule has 0 atom stereocenters. The number of nitriles is 1. The third-order valence-corrected chi connectivity index (χ3v) is 4.29. The van der Waals surface area contributed by atoms with Crippen LogP contribution in [0.4, 0.5) is 4.39 Å². The molecule has 0 saturated carbocycles. The Bertz CT molecular complexity index is 998. The zero-order valence-corrected chi connectivity index (χ0v) is 15.3. The molecule has 0 unspecified atom stereocenters. The van der Waals surface area contributed by atoms with E-state index in [1.54, 1.807) is 36.4 Å². The Hall–Kier alpha value is -2.61. The molecule has 1 aromatic heterocycles. The van der Waals surface area contributed by atoms with Crippen LogP contribution in [0.25, 0.3) is 22.4 Å². The lowest BCUT2D eigenvalue weighted by atomic mass is 9.98. The number of ether oxygens (including phenoxy) is 1. The molecule has 0 radical (unpaired) electrons. The molecule has 0 aliphatic rings. The first-order chi connectivity index (χ1) is 12.5. The van der Waals surface area contributed by atoms with Crippen LogP contribution in [-0.4, -0.2) is 11.6 Å². The summed E-state index contributed by atoms with van der Waals surface area (Å²) in [4.78, 5) is 4.43. The standard InChI is InChI=1S/C20H13Cl2FN2O/c1-2-26-20-17(11-24)16(15-8-5-13(21)9-18(15)22)10-19(25-20)12-3-6-14(23)7-4-12/h3-10H,2H2,1H3. The second-order valence-corrected chi connectivity index (χ2v) is 6.25. The van der Waals surface area contributed by atoms with E-state index < -0.39 is 0 Å². The molecule has 0 aliphatic heterocycles. The van der Waals surface area contributed by atoms with Gasteiger partial charge in [-0.15, -0.1) is 0 Å². The average molecular weight is 387 g/mol. The molecule has 0 saturated heterocycles. The molecule has 0 aliphatic carbocycles. The van der Waals surface area contributed by atoms with Crippen molar-refractivity contribution in [2.45, 2.75) is 6.92 Å². The van der Waals surface area contributed by atoms with Crippen LogP contribution in [0.15, 0.2) is 48.5 Å². The predicted octanol–water partition coefficient (Wildman–Crippen LogP) is 6.13. The van der Waals surface area contributed by atoms with Gasteiger partial charge in [-0.3, -0.25) is 0 Å². The first kappa shape index (κ1) is 18.2. The largest absolute Gasteiger partial charge is 0.477 e. The van der Waals surface area contributed by atoms with E-state index in [4.69, 9.17) is 27.9 Å². The summed E-state index contributed by atoms with van der Waals surface area (Å²) in [5, 5.41) is 10.5. The van der Waals surface area contributed by atoms with Crippen molar-refractivity contribution < 1.29 is 9.13 Å². The van der Waals surface area contributed by atoms with Crippen molar-refractivity contribution in [3.05, 3.63) is 70.0 Å². The minimum atomic E-state index is -0.339. The summed E-state index contributed by atoms with van der Waals surface area (Å²) >= 11 is 12.3. The lowest BCUT2D eigenvalue weighted by Gasteiger charge is -2.14. The van der Waals surface area contributed by atoms with Gasteiger partial charge < -0.3 is 4.74 Å². The van der Waals surface area contributed by atoms with Crippen molar-refractivity contribution in [1.82, 2.24) is 4.98 Å². The van der Waals surface area contributed by atoms with Crippen LogP contribution in [0.5, 0.6) is 5.88 Å². The van der Waals surface area contributed by atoms with Crippen molar-refractivity contribution in [2.75, 3.05) is 6.61 Å². The van der Waals surface area contributed by atoms with Gasteiger partial charge in [-0.25, -0.2) is 9.37 Å². The van der Waals surface area contributed by atoms with Gasteiger partial charge in [0.25, 0.3) is 0 Å². The van der Waals surface area contributed by atoms with Crippen LogP contribution in [0.3, 0.4) is 0 Å². The highest BCUT2D eigenvalue weighted by atomic mass is 35.5. The summed E-state index contributed by atoms with van der Waals surface area (Å²) in [6.07, 6.45) is 0. The SMILES string of the molecule is CCOc1nc(-c2ccc(F)cc2)cc(-c2ccc(Cl)cc2Cl)c1C#N. The number of rotatable bonds is 4. The van der Waals surface area contributed by atoms with Gasteiger partial charge in [0.05, 0.1) is 12.3 Å². The zero-order chi connectivity index (χ0) is 18.7. The van der Waals surface area contributed by atoms with Crippen LogP contribution in [0.2, 0.25) is 10.0 Å². The molecule has 3 rings (SSSR count). The molecule has 130 valence electrons. The molecule has 3 nitrogen and oxygen atoms in total. The lowest BCUT2D eigenvalue weighted by Crippen LogP contribution is -2.01. The summed E-state index contributed by atoms with van der Waals surface area (Å²) in [7, 11) is 0. The van der Waals surface area contributed by atoms with Gasteiger partial charge in [-0.2, -0.15) is 5.26 Å². The second-order valence-electron chi connectivity index (χ2n) is 5.41. The van der Waals surface area contributed by atoms with Crippen molar-refractivity contribution in [2.24, 2.45) is 0 Å². The fraction of sp³-hybridized carbons (Fsp3) is 0.100. The monoisotopic (exact) mass is 386 g/mol. The van der Waals surface area contributed by atoms with Gasteiger partial charge in [-0.05, 0) is 49.4 Å². The van der Waals surface area contributed by atoms with Gasteiger partial charge in [0, 0.05) is 26.7 Å². The molecule has 0 bridgehead atoms. The number of pyridine rings is 1. The Morgan fingerprint density at radius 2 is 1.81 bits per heavy atom. The summed E-state index contributed by atoms with van der Waals surface area (Å²) in [6.45, 7) is 2.16. The van der Waals surface area contributed by atoms with E-state index in [2.05, 4.69) is 11.1 Å². The summed E-state index contributed by atoms with van der Waals surface area (Å²) in [6, 6.07) is 14.9. The number of hydrogen-bond donors (Lipinski definition) is 0. The Morgan fingerprint density at radius 3 is 2.42 bits per heavy atom. The molecule has 3 aromatic rings. The highest BCUT2D eigenvalue weighted by Crippen LogP contribution is 2.37. The smallest absolute Gasteiger partial charge is 0.232 e. The Kier molecular flexibility index (Phi) is 5.41. The Labute approximate surface area is 160 Å². The summed E-state index contributed by atoms with van der Waals surface area (Å²) in [5.41, 5.74) is 2.74. The fourth-order valence-electron chi connectivity index (χ4n) is 2.56. The van der Waals surface area contributed by atoms with Gasteiger partial charge in [-0.1, -0.05) is 29.3 Å². The van der Waals surface area contributed by atoms with Gasteiger partial charge in [0.1, 0.15) is 17.4 Å². The molecule has 1 heterocycles. The number of halogens is 3. The molecule has 0 N–H and O–H groups in total. The number of hydrogen-bond acceptors (Lipinski definition) is 3. The maximum Gasteiger partial charge on any atom is 0.232 e. The van der Waals surface area contributed by atoms with E-state index in [-0.39, 0.29) is 17.3 Å².